The molecule has 27 heavy (non-hydrogen) atoms. The van der Waals surface area contributed by atoms with E-state index in [-0.39, 0.29) is 23.8 Å². The molecule has 1 aliphatic carbocycles. The number of carbonyl (C=O) groups is 1. The van der Waals surface area contributed by atoms with Crippen molar-refractivity contribution in [2.75, 3.05) is 24.7 Å². The van der Waals surface area contributed by atoms with Crippen LogP contribution < -0.4 is 9.64 Å². The van der Waals surface area contributed by atoms with Gasteiger partial charge in [-0.25, -0.2) is 4.79 Å². The SMILES string of the molecule is CCOC(=O)COc1ccc(N(CC(C)C)C2CCCCC2)c([N+](=O)[O-])c1. The molecule has 1 saturated carbocycles. The first kappa shape index (κ1) is 21.0. The summed E-state index contributed by atoms with van der Waals surface area (Å²) in [4.78, 5) is 25.0. The van der Waals surface area contributed by atoms with Crippen molar-refractivity contribution in [2.24, 2.45) is 5.92 Å². The molecule has 2 rings (SSSR count). The topological polar surface area (TPSA) is 81.9 Å². The largest absolute Gasteiger partial charge is 0.482 e. The summed E-state index contributed by atoms with van der Waals surface area (Å²) < 4.78 is 10.2. The van der Waals surface area contributed by atoms with E-state index in [2.05, 4.69) is 18.7 Å². The van der Waals surface area contributed by atoms with E-state index >= 15 is 0 Å². The van der Waals surface area contributed by atoms with Crippen LogP contribution in [-0.2, 0) is 9.53 Å². The van der Waals surface area contributed by atoms with Gasteiger partial charge in [-0.2, -0.15) is 0 Å². The molecule has 0 unspecified atom stereocenters. The molecule has 0 saturated heterocycles. The summed E-state index contributed by atoms with van der Waals surface area (Å²) in [5.74, 6) is 0.200. The third-order valence-electron chi connectivity index (χ3n) is 4.69. The average molecular weight is 378 g/mol. The molecule has 0 aliphatic heterocycles. The molecule has 0 aromatic heterocycles. The lowest BCUT2D eigenvalue weighted by Gasteiger charge is -2.37. The third-order valence-corrected chi connectivity index (χ3v) is 4.69. The average Bonchev–Trinajstić information content (AvgIpc) is 2.65. The standard InChI is InChI=1S/C20H30N2O5/c1-4-26-20(23)14-27-17-10-11-18(19(12-17)22(24)25)21(13-15(2)3)16-8-6-5-7-9-16/h10-12,15-16H,4-9,13-14H2,1-3H3. The normalized spacial score (nSPS) is 14.8. The van der Waals surface area contributed by atoms with Gasteiger partial charge in [0.25, 0.3) is 5.69 Å². The van der Waals surface area contributed by atoms with E-state index in [9.17, 15) is 14.9 Å². The Morgan fingerprint density at radius 3 is 2.59 bits per heavy atom. The Bertz CT molecular complexity index is 641. The highest BCUT2D eigenvalue weighted by atomic mass is 16.6. The molecule has 1 aromatic rings. The predicted molar refractivity (Wildman–Crippen MR) is 104 cm³/mol. The van der Waals surface area contributed by atoms with Crippen LogP contribution >= 0.6 is 0 Å². The molecule has 150 valence electrons. The lowest BCUT2D eigenvalue weighted by atomic mass is 9.93. The van der Waals surface area contributed by atoms with E-state index in [0.717, 1.165) is 32.2 Å². The minimum atomic E-state index is -0.493. The van der Waals surface area contributed by atoms with Gasteiger partial charge in [0.05, 0.1) is 17.6 Å². The summed E-state index contributed by atoms with van der Waals surface area (Å²) >= 11 is 0. The van der Waals surface area contributed by atoms with Crippen LogP contribution in [0.1, 0.15) is 52.9 Å². The Hall–Kier alpha value is -2.31. The highest BCUT2D eigenvalue weighted by Gasteiger charge is 2.28. The van der Waals surface area contributed by atoms with Crippen molar-refractivity contribution < 1.29 is 19.2 Å². The summed E-state index contributed by atoms with van der Waals surface area (Å²) in [5, 5.41) is 11.7. The fourth-order valence-electron chi connectivity index (χ4n) is 3.56. The Morgan fingerprint density at radius 1 is 1.30 bits per heavy atom. The number of esters is 1. The van der Waals surface area contributed by atoms with Crippen LogP contribution in [-0.4, -0.2) is 36.7 Å². The van der Waals surface area contributed by atoms with E-state index in [4.69, 9.17) is 9.47 Å². The van der Waals surface area contributed by atoms with Gasteiger partial charge < -0.3 is 14.4 Å². The maximum Gasteiger partial charge on any atom is 0.344 e. The molecule has 7 heteroatoms. The van der Waals surface area contributed by atoms with Crippen molar-refractivity contribution in [2.45, 2.75) is 58.9 Å². The minimum absolute atomic E-state index is 0.0163. The van der Waals surface area contributed by atoms with Crippen LogP contribution in [0.4, 0.5) is 11.4 Å². The fraction of sp³-hybridized carbons (Fsp3) is 0.650. The first-order valence-corrected chi connectivity index (χ1v) is 9.75. The van der Waals surface area contributed by atoms with Gasteiger partial charge in [-0.05, 0) is 37.8 Å². The Kier molecular flexibility index (Phi) is 7.88. The monoisotopic (exact) mass is 378 g/mol. The molecule has 7 nitrogen and oxygen atoms in total. The lowest BCUT2D eigenvalue weighted by Crippen LogP contribution is -2.39. The van der Waals surface area contributed by atoms with Crippen molar-refractivity contribution in [1.82, 2.24) is 0 Å². The van der Waals surface area contributed by atoms with Gasteiger partial charge >= 0.3 is 5.97 Å². The minimum Gasteiger partial charge on any atom is -0.482 e. The summed E-state index contributed by atoms with van der Waals surface area (Å²) in [6, 6.07) is 5.17. The fourth-order valence-corrected chi connectivity index (χ4v) is 3.56. The van der Waals surface area contributed by atoms with Gasteiger partial charge in [0.2, 0.25) is 0 Å². The molecule has 0 spiro atoms. The number of nitrogens with zero attached hydrogens (tertiary/aromatic N) is 2. The molecule has 1 aliphatic rings. The Balaban J connectivity index is 2.26. The van der Waals surface area contributed by atoms with E-state index in [1.807, 2.05) is 0 Å². The van der Waals surface area contributed by atoms with Gasteiger partial charge in [0.15, 0.2) is 6.61 Å². The number of nitro benzene ring substituents is 1. The molecular weight excluding hydrogens is 348 g/mol. The number of hydrogen-bond acceptors (Lipinski definition) is 6. The number of carbonyl (C=O) groups excluding carboxylic acids is 1. The van der Waals surface area contributed by atoms with Crippen molar-refractivity contribution in [3.8, 4) is 5.75 Å². The zero-order valence-electron chi connectivity index (χ0n) is 16.5. The van der Waals surface area contributed by atoms with Crippen LogP contribution in [0.25, 0.3) is 0 Å². The second-order valence-electron chi connectivity index (χ2n) is 7.34. The van der Waals surface area contributed by atoms with Crippen molar-refractivity contribution in [1.29, 1.82) is 0 Å². The van der Waals surface area contributed by atoms with Gasteiger partial charge in [-0.3, -0.25) is 10.1 Å². The van der Waals surface area contributed by atoms with Crippen molar-refractivity contribution >= 4 is 17.3 Å². The molecular formula is C20H30N2O5. The Morgan fingerprint density at radius 2 is 2.00 bits per heavy atom. The second-order valence-corrected chi connectivity index (χ2v) is 7.34. The maximum absolute atomic E-state index is 11.7. The summed E-state index contributed by atoms with van der Waals surface area (Å²) in [5.41, 5.74) is 0.645. The van der Waals surface area contributed by atoms with Gasteiger partial charge in [-0.15, -0.1) is 0 Å². The van der Waals surface area contributed by atoms with Gasteiger partial charge in [0, 0.05) is 12.6 Å². The zero-order valence-corrected chi connectivity index (χ0v) is 16.5. The van der Waals surface area contributed by atoms with E-state index in [0.29, 0.717) is 23.4 Å². The number of nitro groups is 1. The van der Waals surface area contributed by atoms with Crippen LogP contribution in [0.2, 0.25) is 0 Å². The Labute approximate surface area is 160 Å². The first-order chi connectivity index (χ1) is 12.9. The maximum atomic E-state index is 11.7. The van der Waals surface area contributed by atoms with Crippen LogP contribution in [0.15, 0.2) is 18.2 Å². The lowest BCUT2D eigenvalue weighted by molar-refractivity contribution is -0.384. The third kappa shape index (κ3) is 6.12. The molecule has 1 aromatic carbocycles. The highest BCUT2D eigenvalue weighted by molar-refractivity contribution is 5.71. The van der Waals surface area contributed by atoms with E-state index < -0.39 is 5.97 Å². The molecule has 0 atom stereocenters. The quantitative estimate of drug-likeness (QED) is 0.361. The zero-order chi connectivity index (χ0) is 19.8. The summed E-state index contributed by atoms with van der Waals surface area (Å²) in [6.45, 7) is 6.74. The first-order valence-electron chi connectivity index (χ1n) is 9.75. The summed E-state index contributed by atoms with van der Waals surface area (Å²) in [6.07, 6.45) is 5.67. The van der Waals surface area contributed by atoms with Crippen LogP contribution in [0, 0.1) is 16.0 Å². The molecule has 0 radical (unpaired) electrons. The number of benzene rings is 1. The number of hydrogen-bond donors (Lipinski definition) is 0. The van der Waals surface area contributed by atoms with Crippen molar-refractivity contribution in [3.63, 3.8) is 0 Å². The molecule has 0 N–H and O–H groups in total. The van der Waals surface area contributed by atoms with Crippen molar-refractivity contribution in [3.05, 3.63) is 28.3 Å². The van der Waals surface area contributed by atoms with Gasteiger partial charge in [0.1, 0.15) is 11.4 Å². The highest BCUT2D eigenvalue weighted by Crippen LogP contribution is 2.36. The van der Waals surface area contributed by atoms with Crippen LogP contribution in [0.3, 0.4) is 0 Å². The smallest absolute Gasteiger partial charge is 0.344 e. The van der Waals surface area contributed by atoms with Crippen LogP contribution in [0.5, 0.6) is 5.75 Å². The van der Waals surface area contributed by atoms with E-state index in [1.54, 1.807) is 19.1 Å². The second kappa shape index (κ2) is 10.1. The predicted octanol–water partition coefficient (Wildman–Crippen LogP) is 4.33. The number of ether oxygens (including phenoxy) is 2. The van der Waals surface area contributed by atoms with E-state index in [1.165, 1.54) is 12.5 Å². The molecule has 0 bridgehead atoms. The number of anilines is 1. The molecule has 1 fully saturated rings. The molecule has 0 amide bonds. The number of rotatable bonds is 9. The van der Waals surface area contributed by atoms with Gasteiger partial charge in [-0.1, -0.05) is 33.1 Å². The molecule has 0 heterocycles. The summed E-state index contributed by atoms with van der Waals surface area (Å²) in [7, 11) is 0.